The van der Waals surface area contributed by atoms with Crippen LogP contribution in [0.1, 0.15) is 16.8 Å². The van der Waals surface area contributed by atoms with E-state index >= 15 is 0 Å². The smallest absolute Gasteiger partial charge is 0.293 e. The highest BCUT2D eigenvalue weighted by Crippen LogP contribution is 2.33. The Labute approximate surface area is 214 Å². The van der Waals surface area contributed by atoms with E-state index in [0.717, 1.165) is 23.9 Å². The van der Waals surface area contributed by atoms with Gasteiger partial charge in [-0.1, -0.05) is 30.3 Å². The molecule has 3 N–H and O–H groups in total. The largest absolute Gasteiger partial charge is 0.376 e. The van der Waals surface area contributed by atoms with E-state index in [2.05, 4.69) is 5.32 Å². The molecule has 0 unspecified atom stereocenters. The van der Waals surface area contributed by atoms with Crippen molar-refractivity contribution in [3.05, 3.63) is 88.5 Å². The second-order valence-electron chi connectivity index (χ2n) is 8.36. The molecule has 0 aliphatic heterocycles. The maximum absolute atomic E-state index is 13.2. The highest BCUT2D eigenvalue weighted by atomic mass is 32.2. The molecule has 0 saturated heterocycles. The van der Waals surface area contributed by atoms with Gasteiger partial charge in [-0.3, -0.25) is 14.9 Å². The van der Waals surface area contributed by atoms with Crippen molar-refractivity contribution in [2.75, 3.05) is 31.7 Å². The van der Waals surface area contributed by atoms with Gasteiger partial charge in [-0.2, -0.15) is 0 Å². The summed E-state index contributed by atoms with van der Waals surface area (Å²) in [5.41, 5.74) is 5.02. The molecule has 1 amide bonds. The summed E-state index contributed by atoms with van der Waals surface area (Å²) in [5, 5.41) is 15.2. The van der Waals surface area contributed by atoms with Crippen LogP contribution in [0.25, 0.3) is 0 Å². The molecule has 0 saturated carbocycles. The summed E-state index contributed by atoms with van der Waals surface area (Å²) in [5.74, 6) is -0.247. The van der Waals surface area contributed by atoms with Gasteiger partial charge in [0.2, 0.25) is 15.7 Å². The number of nitrogens with zero attached hydrogens (tertiary/aromatic N) is 2. The Morgan fingerprint density at radius 3 is 2.39 bits per heavy atom. The van der Waals surface area contributed by atoms with Crippen molar-refractivity contribution in [2.24, 2.45) is 5.73 Å². The summed E-state index contributed by atoms with van der Waals surface area (Å²) in [7, 11) is -0.324. The van der Waals surface area contributed by atoms with E-state index in [1.165, 1.54) is 36.4 Å². The molecular weight excluding hydrogens is 500 g/mol. The van der Waals surface area contributed by atoms with Crippen LogP contribution < -0.4 is 11.1 Å². The number of hydrogen-bond donors (Lipinski definition) is 2. The zero-order valence-corrected chi connectivity index (χ0v) is 21.6. The quantitative estimate of drug-likeness (QED) is 0.204. The van der Waals surface area contributed by atoms with Crippen molar-refractivity contribution in [1.82, 2.24) is 4.90 Å². The first-order valence-corrected chi connectivity index (χ1v) is 13.6. The minimum absolute atomic E-state index is 0.116. The number of amides is 1. The molecule has 0 aliphatic carbocycles. The van der Waals surface area contributed by atoms with Gasteiger partial charge in [-0.15, -0.1) is 11.8 Å². The molecule has 0 aliphatic rings. The van der Waals surface area contributed by atoms with E-state index in [-0.39, 0.29) is 32.8 Å². The number of carbonyl (C=O) groups excluding carboxylic acids is 1. The Morgan fingerprint density at radius 2 is 1.75 bits per heavy atom. The Balaban J connectivity index is 1.92. The molecule has 0 fully saturated rings. The summed E-state index contributed by atoms with van der Waals surface area (Å²) in [6.45, 7) is 0.761. The molecule has 0 radical (unpaired) electrons. The lowest BCUT2D eigenvalue weighted by Gasteiger charge is -2.22. The highest BCUT2D eigenvalue weighted by molar-refractivity contribution is 7.99. The van der Waals surface area contributed by atoms with Crippen LogP contribution in [0.2, 0.25) is 0 Å². The van der Waals surface area contributed by atoms with Gasteiger partial charge in [0.05, 0.1) is 20.3 Å². The molecule has 11 heteroatoms. The average Bonchev–Trinajstić information content (AvgIpc) is 2.86. The molecule has 3 aromatic carbocycles. The summed E-state index contributed by atoms with van der Waals surface area (Å²) in [6, 6.07) is 19.0. The first kappa shape index (κ1) is 27.2. The average molecular weight is 529 g/mol. The van der Waals surface area contributed by atoms with Gasteiger partial charge in [-0.25, -0.2) is 8.42 Å². The SMILES string of the molecule is CN(C)CC[C@H](CSc1ccccc1)Nc1ccc(S(=O)(=O)c2ccccc2C(N)=O)cc1[N+](=O)[O-]. The van der Waals surface area contributed by atoms with Crippen molar-refractivity contribution in [3.8, 4) is 0 Å². The number of nitrogens with one attached hydrogen (secondary N) is 1. The second kappa shape index (κ2) is 12.0. The van der Waals surface area contributed by atoms with E-state index < -0.39 is 20.7 Å². The summed E-state index contributed by atoms with van der Waals surface area (Å²) in [4.78, 5) is 25.6. The predicted molar refractivity (Wildman–Crippen MR) is 141 cm³/mol. The Bertz CT molecular complexity index is 1330. The van der Waals surface area contributed by atoms with Crippen molar-refractivity contribution >= 4 is 38.9 Å². The number of benzene rings is 3. The minimum atomic E-state index is -4.23. The summed E-state index contributed by atoms with van der Waals surface area (Å²) < 4.78 is 26.5. The van der Waals surface area contributed by atoms with Crippen LogP contribution >= 0.6 is 11.8 Å². The molecule has 1 atom stereocenters. The Hall–Kier alpha value is -3.41. The van der Waals surface area contributed by atoms with E-state index in [1.807, 2.05) is 49.3 Å². The van der Waals surface area contributed by atoms with Gasteiger partial charge >= 0.3 is 0 Å². The number of anilines is 1. The number of carbonyl (C=O) groups is 1. The number of primary amides is 1. The van der Waals surface area contributed by atoms with Crippen molar-refractivity contribution in [2.45, 2.75) is 27.1 Å². The topological polar surface area (TPSA) is 136 Å². The highest BCUT2D eigenvalue weighted by Gasteiger charge is 2.27. The number of rotatable bonds is 12. The fourth-order valence-electron chi connectivity index (χ4n) is 3.53. The Morgan fingerprint density at radius 1 is 1.08 bits per heavy atom. The van der Waals surface area contributed by atoms with Crippen LogP contribution in [0, 0.1) is 10.1 Å². The lowest BCUT2D eigenvalue weighted by atomic mass is 10.2. The molecule has 3 rings (SSSR count). The van der Waals surface area contributed by atoms with Crippen LogP contribution in [0.4, 0.5) is 11.4 Å². The molecule has 0 heterocycles. The van der Waals surface area contributed by atoms with E-state index in [1.54, 1.807) is 11.8 Å². The predicted octanol–water partition coefficient (Wildman–Crippen LogP) is 4.05. The first-order valence-electron chi connectivity index (χ1n) is 11.1. The third kappa shape index (κ3) is 6.84. The van der Waals surface area contributed by atoms with E-state index in [4.69, 9.17) is 5.73 Å². The molecule has 0 aromatic heterocycles. The van der Waals surface area contributed by atoms with E-state index in [0.29, 0.717) is 5.75 Å². The zero-order chi connectivity index (χ0) is 26.3. The van der Waals surface area contributed by atoms with Gasteiger partial charge in [0.15, 0.2) is 0 Å². The molecule has 9 nitrogen and oxygen atoms in total. The van der Waals surface area contributed by atoms with Crippen LogP contribution in [-0.4, -0.2) is 56.6 Å². The standard InChI is InChI=1S/C25H28N4O5S2/c1-28(2)15-14-18(17-35-19-8-4-3-5-9-19)27-22-13-12-20(16-23(22)29(31)32)36(33,34)24-11-7-6-10-21(24)25(26)30/h3-13,16,18,27H,14-15,17H2,1-2H3,(H2,26,30)/t18-/m1/s1. The fraction of sp³-hybridized carbons (Fsp3) is 0.240. The lowest BCUT2D eigenvalue weighted by molar-refractivity contribution is -0.384. The van der Waals surface area contributed by atoms with Gasteiger partial charge in [0.1, 0.15) is 5.69 Å². The van der Waals surface area contributed by atoms with Crippen molar-refractivity contribution < 1.29 is 18.1 Å². The summed E-state index contributed by atoms with van der Waals surface area (Å²) >= 11 is 1.63. The van der Waals surface area contributed by atoms with Crippen LogP contribution in [0.3, 0.4) is 0 Å². The maximum atomic E-state index is 13.2. The van der Waals surface area contributed by atoms with Crippen molar-refractivity contribution in [3.63, 3.8) is 0 Å². The minimum Gasteiger partial charge on any atom is -0.376 e. The number of nitro benzene ring substituents is 1. The third-order valence-corrected chi connectivity index (χ3v) is 8.38. The third-order valence-electron chi connectivity index (χ3n) is 5.40. The lowest BCUT2D eigenvalue weighted by Crippen LogP contribution is -2.28. The second-order valence-corrected chi connectivity index (χ2v) is 11.4. The van der Waals surface area contributed by atoms with Crippen molar-refractivity contribution in [1.29, 1.82) is 0 Å². The number of nitrogens with two attached hydrogens (primary N) is 1. The normalized spacial score (nSPS) is 12.3. The van der Waals surface area contributed by atoms with Gasteiger partial charge in [0, 0.05) is 22.8 Å². The Kier molecular flexibility index (Phi) is 9.08. The van der Waals surface area contributed by atoms with Crippen LogP contribution in [-0.2, 0) is 9.84 Å². The molecule has 190 valence electrons. The monoisotopic (exact) mass is 528 g/mol. The van der Waals surface area contributed by atoms with Crippen LogP contribution in [0.5, 0.6) is 0 Å². The molecule has 0 spiro atoms. The van der Waals surface area contributed by atoms with Gasteiger partial charge < -0.3 is 16.0 Å². The summed E-state index contributed by atoms with van der Waals surface area (Å²) in [6.07, 6.45) is 0.718. The number of hydrogen-bond acceptors (Lipinski definition) is 8. The molecule has 36 heavy (non-hydrogen) atoms. The van der Waals surface area contributed by atoms with E-state index in [9.17, 15) is 23.3 Å². The molecule has 0 bridgehead atoms. The molecular formula is C25H28N4O5S2. The zero-order valence-electron chi connectivity index (χ0n) is 20.0. The fourth-order valence-corrected chi connectivity index (χ4v) is 6.00. The molecule has 3 aromatic rings. The number of nitro groups is 1. The maximum Gasteiger partial charge on any atom is 0.293 e. The number of thioether (sulfide) groups is 1. The number of sulfone groups is 1. The van der Waals surface area contributed by atoms with Gasteiger partial charge in [0.25, 0.3) is 5.69 Å². The van der Waals surface area contributed by atoms with Gasteiger partial charge in [-0.05, 0) is 63.5 Å². The van der Waals surface area contributed by atoms with Crippen LogP contribution in [0.15, 0.2) is 87.5 Å². The first-order chi connectivity index (χ1) is 17.1.